The molecule has 0 saturated carbocycles. The number of hydrogen-bond donors (Lipinski definition) is 1. The maximum atomic E-state index is 12.5. The summed E-state index contributed by atoms with van der Waals surface area (Å²) in [5.74, 6) is 0.660. The molecule has 2 aromatic rings. The number of sulfonamides is 1. The van der Waals surface area contributed by atoms with Gasteiger partial charge < -0.3 is 10.1 Å². The largest absolute Gasteiger partial charge is 0.497 e. The monoisotopic (exact) mass is 390 g/mol. The number of anilines is 1. The molecule has 0 aromatic heterocycles. The molecule has 6 nitrogen and oxygen atoms in total. The van der Waals surface area contributed by atoms with Crippen LogP contribution in [-0.2, 0) is 21.2 Å². The summed E-state index contributed by atoms with van der Waals surface area (Å²) in [7, 11) is -1.88. The SMILES string of the molecule is CCN(CC)S(=O)(=O)c1ccc(NC(=O)CCc2ccc(OC)cc2)cc1. The third kappa shape index (κ3) is 5.55. The standard InChI is InChI=1S/C20H26N2O4S/c1-4-22(5-2)27(24,25)19-13-9-17(10-14-19)21-20(23)15-8-16-6-11-18(26-3)12-7-16/h6-7,9-14H,4-5,8,15H2,1-3H3,(H,21,23). The molecule has 0 atom stereocenters. The number of rotatable bonds is 9. The third-order valence-electron chi connectivity index (χ3n) is 4.28. The molecule has 0 aliphatic carbocycles. The molecule has 27 heavy (non-hydrogen) atoms. The molecule has 1 amide bonds. The van der Waals surface area contributed by atoms with Gasteiger partial charge in [-0.1, -0.05) is 26.0 Å². The molecule has 0 saturated heterocycles. The first-order valence-corrected chi connectivity index (χ1v) is 10.4. The number of hydrogen-bond acceptors (Lipinski definition) is 4. The first kappa shape index (κ1) is 20.9. The molecule has 146 valence electrons. The topological polar surface area (TPSA) is 75.7 Å². The molecule has 2 rings (SSSR count). The minimum atomic E-state index is -3.49. The molecule has 2 aromatic carbocycles. The van der Waals surface area contributed by atoms with Crippen LogP contribution >= 0.6 is 0 Å². The Balaban J connectivity index is 1.94. The average Bonchev–Trinajstić information content (AvgIpc) is 2.68. The Labute approximate surface area is 161 Å². The Morgan fingerprint density at radius 2 is 1.59 bits per heavy atom. The lowest BCUT2D eigenvalue weighted by molar-refractivity contribution is -0.116. The van der Waals surface area contributed by atoms with Crippen LogP contribution in [0.4, 0.5) is 5.69 Å². The van der Waals surface area contributed by atoms with Crippen LogP contribution in [0.1, 0.15) is 25.8 Å². The van der Waals surface area contributed by atoms with Crippen LogP contribution in [0.25, 0.3) is 0 Å². The number of methoxy groups -OCH3 is 1. The molecular weight excluding hydrogens is 364 g/mol. The van der Waals surface area contributed by atoms with Gasteiger partial charge in [-0.15, -0.1) is 0 Å². The lowest BCUT2D eigenvalue weighted by Crippen LogP contribution is -2.30. The summed E-state index contributed by atoms with van der Waals surface area (Å²) in [4.78, 5) is 12.4. The molecule has 0 aliphatic rings. The Morgan fingerprint density at radius 3 is 2.11 bits per heavy atom. The van der Waals surface area contributed by atoms with Gasteiger partial charge in [0.15, 0.2) is 0 Å². The van der Waals surface area contributed by atoms with E-state index in [2.05, 4.69) is 5.32 Å². The lowest BCUT2D eigenvalue weighted by Gasteiger charge is -2.18. The smallest absolute Gasteiger partial charge is 0.243 e. The highest BCUT2D eigenvalue weighted by atomic mass is 32.2. The van der Waals surface area contributed by atoms with Crippen LogP contribution in [0.3, 0.4) is 0 Å². The highest BCUT2D eigenvalue weighted by Gasteiger charge is 2.21. The third-order valence-corrected chi connectivity index (χ3v) is 6.35. The number of carbonyl (C=O) groups is 1. The molecule has 7 heteroatoms. The van der Waals surface area contributed by atoms with Crippen molar-refractivity contribution in [1.29, 1.82) is 0 Å². The highest BCUT2D eigenvalue weighted by Crippen LogP contribution is 2.19. The lowest BCUT2D eigenvalue weighted by atomic mass is 10.1. The molecule has 0 heterocycles. The zero-order valence-corrected chi connectivity index (χ0v) is 16.8. The van der Waals surface area contributed by atoms with Gasteiger partial charge in [-0.05, 0) is 48.4 Å². The number of carbonyl (C=O) groups excluding carboxylic acids is 1. The van der Waals surface area contributed by atoms with E-state index >= 15 is 0 Å². The summed E-state index contributed by atoms with van der Waals surface area (Å²) in [6.45, 7) is 4.45. The van der Waals surface area contributed by atoms with E-state index in [0.29, 0.717) is 31.6 Å². The first-order valence-electron chi connectivity index (χ1n) is 8.93. The van der Waals surface area contributed by atoms with Crippen molar-refractivity contribution in [3.63, 3.8) is 0 Å². The quantitative estimate of drug-likeness (QED) is 0.713. The summed E-state index contributed by atoms with van der Waals surface area (Å²) >= 11 is 0. The molecule has 0 aliphatic heterocycles. The van der Waals surface area contributed by atoms with E-state index < -0.39 is 10.0 Å². The molecule has 0 radical (unpaired) electrons. The molecule has 0 unspecified atom stereocenters. The average molecular weight is 391 g/mol. The molecular formula is C20H26N2O4S. The van der Waals surface area contributed by atoms with E-state index in [1.54, 1.807) is 33.1 Å². The van der Waals surface area contributed by atoms with Gasteiger partial charge in [0.1, 0.15) is 5.75 Å². The zero-order valence-electron chi connectivity index (χ0n) is 15.9. The number of benzene rings is 2. The van der Waals surface area contributed by atoms with Crippen LogP contribution in [0.15, 0.2) is 53.4 Å². The van der Waals surface area contributed by atoms with Gasteiger partial charge >= 0.3 is 0 Å². The summed E-state index contributed by atoms with van der Waals surface area (Å²) in [5.41, 5.74) is 1.62. The van der Waals surface area contributed by atoms with Crippen molar-refractivity contribution in [3.05, 3.63) is 54.1 Å². The summed E-state index contributed by atoms with van der Waals surface area (Å²) < 4.78 is 31.4. The van der Waals surface area contributed by atoms with E-state index in [4.69, 9.17) is 4.74 Å². The number of nitrogens with zero attached hydrogens (tertiary/aromatic N) is 1. The Morgan fingerprint density at radius 1 is 1.00 bits per heavy atom. The Hall–Kier alpha value is -2.38. The summed E-state index contributed by atoms with van der Waals surface area (Å²) in [5, 5.41) is 2.80. The van der Waals surface area contributed by atoms with E-state index in [9.17, 15) is 13.2 Å². The van der Waals surface area contributed by atoms with Crippen molar-refractivity contribution < 1.29 is 17.9 Å². The van der Waals surface area contributed by atoms with Crippen LogP contribution < -0.4 is 10.1 Å². The molecule has 0 fully saturated rings. The van der Waals surface area contributed by atoms with Gasteiger partial charge in [0.25, 0.3) is 0 Å². The second-order valence-electron chi connectivity index (χ2n) is 6.01. The maximum absolute atomic E-state index is 12.5. The molecule has 0 bridgehead atoms. The van der Waals surface area contributed by atoms with Crippen molar-refractivity contribution >= 4 is 21.6 Å². The molecule has 1 N–H and O–H groups in total. The molecule has 0 spiro atoms. The van der Waals surface area contributed by atoms with Crippen molar-refractivity contribution in [2.45, 2.75) is 31.6 Å². The Bertz CT molecular complexity index is 843. The van der Waals surface area contributed by atoms with Crippen molar-refractivity contribution in [3.8, 4) is 5.75 Å². The predicted octanol–water partition coefficient (Wildman–Crippen LogP) is 3.30. The van der Waals surface area contributed by atoms with Gasteiger partial charge in [0.05, 0.1) is 12.0 Å². The normalized spacial score (nSPS) is 11.4. The number of ether oxygens (including phenoxy) is 1. The van der Waals surface area contributed by atoms with Gasteiger partial charge in [0.2, 0.25) is 15.9 Å². The second-order valence-corrected chi connectivity index (χ2v) is 7.95. The van der Waals surface area contributed by atoms with E-state index in [-0.39, 0.29) is 10.8 Å². The maximum Gasteiger partial charge on any atom is 0.243 e. The minimum absolute atomic E-state index is 0.120. The van der Waals surface area contributed by atoms with E-state index in [0.717, 1.165) is 11.3 Å². The van der Waals surface area contributed by atoms with E-state index in [1.807, 2.05) is 24.3 Å². The fourth-order valence-electron chi connectivity index (χ4n) is 2.70. The fourth-order valence-corrected chi connectivity index (χ4v) is 4.15. The van der Waals surface area contributed by atoms with Gasteiger partial charge in [-0.2, -0.15) is 4.31 Å². The van der Waals surface area contributed by atoms with Crippen molar-refractivity contribution in [2.24, 2.45) is 0 Å². The van der Waals surface area contributed by atoms with Gasteiger partial charge in [0, 0.05) is 25.2 Å². The van der Waals surface area contributed by atoms with Crippen molar-refractivity contribution in [1.82, 2.24) is 4.31 Å². The highest BCUT2D eigenvalue weighted by molar-refractivity contribution is 7.89. The number of amides is 1. The van der Waals surface area contributed by atoms with Crippen LogP contribution in [0.5, 0.6) is 5.75 Å². The second kappa shape index (κ2) is 9.53. The number of nitrogens with one attached hydrogen (secondary N) is 1. The van der Waals surface area contributed by atoms with Crippen LogP contribution in [0, 0.1) is 0 Å². The first-order chi connectivity index (χ1) is 12.9. The van der Waals surface area contributed by atoms with Gasteiger partial charge in [-0.25, -0.2) is 8.42 Å². The van der Waals surface area contributed by atoms with Gasteiger partial charge in [-0.3, -0.25) is 4.79 Å². The van der Waals surface area contributed by atoms with Crippen LogP contribution in [-0.4, -0.2) is 38.8 Å². The zero-order chi connectivity index (χ0) is 19.9. The summed E-state index contributed by atoms with van der Waals surface area (Å²) in [6.07, 6.45) is 0.954. The minimum Gasteiger partial charge on any atom is -0.497 e. The predicted molar refractivity (Wildman–Crippen MR) is 106 cm³/mol. The summed E-state index contributed by atoms with van der Waals surface area (Å²) in [6, 6.07) is 13.9. The van der Waals surface area contributed by atoms with Crippen molar-refractivity contribution in [2.75, 3.05) is 25.5 Å². The Kier molecular flexibility index (Phi) is 7.38. The van der Waals surface area contributed by atoms with Crippen LogP contribution in [0.2, 0.25) is 0 Å². The fraction of sp³-hybridized carbons (Fsp3) is 0.350. The number of aryl methyl sites for hydroxylation is 1. The van der Waals surface area contributed by atoms with E-state index in [1.165, 1.54) is 16.4 Å².